The molecule has 3 rings (SSSR count). The Hall–Kier alpha value is -2.49. The van der Waals surface area contributed by atoms with Crippen LogP contribution in [0.1, 0.15) is 32.3 Å². The number of carbonyl (C=O) groups is 1. The minimum absolute atomic E-state index is 0.0320. The predicted molar refractivity (Wildman–Crippen MR) is 139 cm³/mol. The van der Waals surface area contributed by atoms with Gasteiger partial charge in [0.15, 0.2) is 0 Å². The first kappa shape index (κ1) is 28.1. The number of hydrogen-bond donors (Lipinski definition) is 2. The first-order valence-corrected chi connectivity index (χ1v) is 12.8. The smallest absolute Gasteiger partial charge is 0.416 e. The number of thioether (sulfide) groups is 1. The SMILES string of the molecule is CC(C)CN(C)CCCC(=O)CSc1c(-c2cc(Cl)ccc2O)c2cc(C(F)(F)F)ccc2[nH]c1=O. The molecule has 2 aromatic carbocycles. The molecule has 0 aliphatic heterocycles. The van der Waals surface area contributed by atoms with Gasteiger partial charge in [-0.05, 0) is 62.3 Å². The minimum atomic E-state index is -4.61. The third-order valence-corrected chi connectivity index (χ3v) is 6.96. The Balaban J connectivity index is 1.98. The molecule has 0 spiro atoms. The largest absolute Gasteiger partial charge is 0.507 e. The van der Waals surface area contributed by atoms with Gasteiger partial charge in [0.1, 0.15) is 11.5 Å². The van der Waals surface area contributed by atoms with E-state index in [1.54, 1.807) is 0 Å². The van der Waals surface area contributed by atoms with Crippen LogP contribution in [0.25, 0.3) is 22.0 Å². The van der Waals surface area contributed by atoms with E-state index in [2.05, 4.69) is 23.7 Å². The number of halogens is 4. The number of aromatic hydroxyl groups is 1. The van der Waals surface area contributed by atoms with E-state index in [0.29, 0.717) is 18.8 Å². The predicted octanol–water partition coefficient (Wildman–Crippen LogP) is 6.60. The molecule has 0 aliphatic carbocycles. The number of aromatic nitrogens is 1. The number of alkyl halides is 3. The minimum Gasteiger partial charge on any atom is -0.507 e. The fourth-order valence-electron chi connectivity index (χ4n) is 4.05. The Kier molecular flexibility index (Phi) is 9.13. The van der Waals surface area contributed by atoms with Gasteiger partial charge < -0.3 is 15.0 Å². The van der Waals surface area contributed by atoms with Gasteiger partial charge in [0, 0.05) is 40.0 Å². The molecule has 1 heterocycles. The van der Waals surface area contributed by atoms with Crippen LogP contribution in [-0.2, 0) is 11.0 Å². The number of ketones is 1. The third-order valence-electron chi connectivity index (χ3n) is 5.58. The highest BCUT2D eigenvalue weighted by Gasteiger charge is 2.31. The summed E-state index contributed by atoms with van der Waals surface area (Å²) in [5.74, 6) is 0.156. The number of benzene rings is 2. The number of aromatic amines is 1. The number of hydrogen-bond acceptors (Lipinski definition) is 5. The van der Waals surface area contributed by atoms with Crippen molar-refractivity contribution >= 4 is 40.0 Å². The van der Waals surface area contributed by atoms with Gasteiger partial charge in [-0.3, -0.25) is 9.59 Å². The van der Waals surface area contributed by atoms with Crippen molar-refractivity contribution in [1.82, 2.24) is 9.88 Å². The third kappa shape index (κ3) is 7.05. The maximum absolute atomic E-state index is 13.5. The molecule has 3 aromatic rings. The Morgan fingerprint density at radius 3 is 2.58 bits per heavy atom. The van der Waals surface area contributed by atoms with Gasteiger partial charge in [-0.15, -0.1) is 11.8 Å². The van der Waals surface area contributed by atoms with E-state index in [0.717, 1.165) is 37.0 Å². The Labute approximate surface area is 216 Å². The number of nitrogens with one attached hydrogen (secondary N) is 1. The van der Waals surface area contributed by atoms with Gasteiger partial charge in [0.2, 0.25) is 0 Å². The number of H-pyrrole nitrogens is 1. The zero-order valence-corrected chi connectivity index (χ0v) is 21.8. The van der Waals surface area contributed by atoms with Crippen molar-refractivity contribution in [2.24, 2.45) is 5.92 Å². The molecule has 0 amide bonds. The maximum atomic E-state index is 13.5. The van der Waals surface area contributed by atoms with Crippen molar-refractivity contribution < 1.29 is 23.1 Å². The molecule has 0 saturated heterocycles. The highest BCUT2D eigenvalue weighted by Crippen LogP contribution is 2.42. The number of pyridine rings is 1. The molecule has 5 nitrogen and oxygen atoms in total. The summed E-state index contributed by atoms with van der Waals surface area (Å²) < 4.78 is 40.4. The summed E-state index contributed by atoms with van der Waals surface area (Å²) in [6.45, 7) is 5.91. The fraction of sp³-hybridized carbons (Fsp3) is 0.385. The highest BCUT2D eigenvalue weighted by molar-refractivity contribution is 8.00. The lowest BCUT2D eigenvalue weighted by molar-refractivity contribution is -0.137. The molecular formula is C26H28ClF3N2O3S. The quantitative estimate of drug-likeness (QED) is 0.283. The average molecular weight is 541 g/mol. The normalized spacial score (nSPS) is 12.1. The van der Waals surface area contributed by atoms with E-state index in [-0.39, 0.29) is 49.2 Å². The molecule has 0 saturated carbocycles. The Morgan fingerprint density at radius 1 is 1.19 bits per heavy atom. The van der Waals surface area contributed by atoms with Gasteiger partial charge in [0.25, 0.3) is 5.56 Å². The molecule has 36 heavy (non-hydrogen) atoms. The first-order chi connectivity index (χ1) is 16.9. The number of phenols is 1. The van der Waals surface area contributed by atoms with E-state index in [9.17, 15) is 27.9 Å². The molecule has 194 valence electrons. The summed E-state index contributed by atoms with van der Waals surface area (Å²) in [7, 11) is 1.99. The van der Waals surface area contributed by atoms with Crippen molar-refractivity contribution in [3.8, 4) is 16.9 Å². The monoisotopic (exact) mass is 540 g/mol. The second-order valence-corrected chi connectivity index (χ2v) is 10.6. The Bertz CT molecular complexity index is 1310. The van der Waals surface area contributed by atoms with Crippen LogP contribution in [0.2, 0.25) is 5.02 Å². The number of carbonyl (C=O) groups excluding carboxylic acids is 1. The number of phenolic OH excluding ortho intramolecular Hbond substituents is 1. The van der Waals surface area contributed by atoms with E-state index in [1.165, 1.54) is 24.3 Å². The van der Waals surface area contributed by atoms with Gasteiger partial charge in [-0.25, -0.2) is 0 Å². The molecule has 0 bridgehead atoms. The van der Waals surface area contributed by atoms with Crippen LogP contribution in [0.4, 0.5) is 13.2 Å². The molecule has 0 fully saturated rings. The molecule has 0 atom stereocenters. The van der Waals surface area contributed by atoms with Crippen molar-refractivity contribution in [3.63, 3.8) is 0 Å². The van der Waals surface area contributed by atoms with Crippen molar-refractivity contribution in [1.29, 1.82) is 0 Å². The standard InChI is InChI=1S/C26H28ClF3N2O3S/c1-15(2)13-32(3)10-4-5-18(33)14-36-24-23(20-12-17(27)7-9-22(20)34)19-11-16(26(28,29)30)6-8-21(19)31-25(24)35/h6-9,11-12,15,34H,4-5,10,13-14H2,1-3H3,(H,31,35). The van der Waals surface area contributed by atoms with Gasteiger partial charge >= 0.3 is 6.18 Å². The van der Waals surface area contributed by atoms with Crippen LogP contribution in [-0.4, -0.2) is 46.7 Å². The number of Topliss-reactive ketones (excluding diaryl/α,β-unsaturated/α-hetero) is 1. The molecule has 2 N–H and O–H groups in total. The second kappa shape index (κ2) is 11.7. The zero-order chi connectivity index (χ0) is 26.6. The maximum Gasteiger partial charge on any atom is 0.416 e. The van der Waals surface area contributed by atoms with Crippen molar-refractivity contribution in [2.75, 3.05) is 25.9 Å². The van der Waals surface area contributed by atoms with Crippen LogP contribution < -0.4 is 5.56 Å². The van der Waals surface area contributed by atoms with Crippen LogP contribution in [0.5, 0.6) is 5.75 Å². The van der Waals surface area contributed by atoms with E-state index in [4.69, 9.17) is 11.6 Å². The summed E-state index contributed by atoms with van der Waals surface area (Å²) in [6.07, 6.45) is -3.63. The molecule has 1 aromatic heterocycles. The summed E-state index contributed by atoms with van der Waals surface area (Å²) in [4.78, 5) is 30.4. The summed E-state index contributed by atoms with van der Waals surface area (Å²) in [5.41, 5.74) is -1.07. The van der Waals surface area contributed by atoms with Crippen LogP contribution >= 0.6 is 23.4 Å². The molecule has 0 unspecified atom stereocenters. The highest BCUT2D eigenvalue weighted by atomic mass is 35.5. The summed E-state index contributed by atoms with van der Waals surface area (Å²) in [6, 6.07) is 7.12. The lowest BCUT2D eigenvalue weighted by Crippen LogP contribution is -2.24. The molecular weight excluding hydrogens is 513 g/mol. The zero-order valence-electron chi connectivity index (χ0n) is 20.2. The van der Waals surface area contributed by atoms with E-state index >= 15 is 0 Å². The van der Waals surface area contributed by atoms with E-state index < -0.39 is 17.3 Å². The van der Waals surface area contributed by atoms with Crippen LogP contribution in [0.3, 0.4) is 0 Å². The number of fused-ring (bicyclic) bond motifs is 1. The molecule has 10 heteroatoms. The second-order valence-electron chi connectivity index (χ2n) is 9.16. The molecule has 0 radical (unpaired) electrons. The lowest BCUT2D eigenvalue weighted by Gasteiger charge is -2.18. The summed E-state index contributed by atoms with van der Waals surface area (Å²) in [5, 5.41) is 10.9. The van der Waals surface area contributed by atoms with Crippen molar-refractivity contribution in [2.45, 2.75) is 37.8 Å². The van der Waals surface area contributed by atoms with E-state index in [1.807, 2.05) is 7.05 Å². The molecule has 0 aliphatic rings. The van der Waals surface area contributed by atoms with Crippen LogP contribution in [0.15, 0.2) is 46.1 Å². The lowest BCUT2D eigenvalue weighted by atomic mass is 9.98. The Morgan fingerprint density at radius 2 is 1.92 bits per heavy atom. The number of nitrogens with zero attached hydrogens (tertiary/aromatic N) is 1. The van der Waals surface area contributed by atoms with Gasteiger partial charge in [0.05, 0.1) is 16.2 Å². The fourth-order valence-corrected chi connectivity index (χ4v) is 5.22. The average Bonchev–Trinajstić information content (AvgIpc) is 2.77. The number of rotatable bonds is 10. The van der Waals surface area contributed by atoms with Crippen molar-refractivity contribution in [3.05, 3.63) is 57.3 Å². The van der Waals surface area contributed by atoms with Crippen LogP contribution in [0, 0.1) is 5.92 Å². The van der Waals surface area contributed by atoms with Gasteiger partial charge in [-0.1, -0.05) is 25.4 Å². The van der Waals surface area contributed by atoms with Gasteiger partial charge in [-0.2, -0.15) is 13.2 Å². The summed E-state index contributed by atoms with van der Waals surface area (Å²) >= 11 is 7.06. The first-order valence-electron chi connectivity index (χ1n) is 11.5. The topological polar surface area (TPSA) is 73.4 Å².